The van der Waals surface area contributed by atoms with Crippen LogP contribution in [0.2, 0.25) is 0 Å². The Balaban J connectivity index is 1.86. The third-order valence-electron chi connectivity index (χ3n) is 3.77. The van der Waals surface area contributed by atoms with Gasteiger partial charge in [0.05, 0.1) is 17.9 Å². The van der Waals surface area contributed by atoms with Crippen LogP contribution >= 0.6 is 0 Å². The summed E-state index contributed by atoms with van der Waals surface area (Å²) in [6.45, 7) is 1.60. The zero-order chi connectivity index (χ0) is 16.6. The molecule has 2 heterocycles. The fourth-order valence-electron chi connectivity index (χ4n) is 2.57. The maximum absolute atomic E-state index is 13.6. The predicted octanol–water partition coefficient (Wildman–Crippen LogP) is 1.94. The van der Waals surface area contributed by atoms with Gasteiger partial charge < -0.3 is 15.5 Å². The molecule has 9 heteroatoms. The molecule has 1 amide bonds. The predicted molar refractivity (Wildman–Crippen MR) is 76.7 cm³/mol. The number of nitrogens with one attached hydrogen (secondary N) is 1. The Morgan fingerprint density at radius 2 is 2.26 bits per heavy atom. The second-order valence-electron chi connectivity index (χ2n) is 5.41. The lowest BCUT2D eigenvalue weighted by molar-refractivity contribution is -0.0165. The van der Waals surface area contributed by atoms with Gasteiger partial charge in [0, 0.05) is 6.42 Å². The van der Waals surface area contributed by atoms with Gasteiger partial charge in [-0.05, 0) is 19.8 Å². The highest BCUT2D eigenvalue weighted by Gasteiger charge is 2.44. The van der Waals surface area contributed by atoms with Gasteiger partial charge in [-0.1, -0.05) is 0 Å². The molecule has 1 saturated carbocycles. The minimum absolute atomic E-state index is 0.164. The van der Waals surface area contributed by atoms with Crippen molar-refractivity contribution in [2.24, 2.45) is 0 Å². The molecular formula is C14H15F2N5O2. The largest absolute Gasteiger partial charge is 0.443 e. The van der Waals surface area contributed by atoms with Crippen LogP contribution < -0.4 is 11.1 Å². The van der Waals surface area contributed by atoms with Gasteiger partial charge in [0.2, 0.25) is 5.89 Å². The average molecular weight is 323 g/mol. The lowest BCUT2D eigenvalue weighted by Gasteiger charge is -2.20. The number of hydrogen-bond acceptors (Lipinski definition) is 6. The van der Waals surface area contributed by atoms with Gasteiger partial charge in [-0.3, -0.25) is 4.79 Å². The number of amides is 1. The zero-order valence-corrected chi connectivity index (χ0v) is 12.3. The van der Waals surface area contributed by atoms with E-state index in [0.717, 1.165) is 0 Å². The van der Waals surface area contributed by atoms with Gasteiger partial charge in [-0.25, -0.2) is 23.7 Å². The number of halogens is 2. The van der Waals surface area contributed by atoms with Crippen molar-refractivity contribution in [1.82, 2.24) is 20.3 Å². The molecule has 0 aromatic carbocycles. The average Bonchev–Trinajstić information content (AvgIpc) is 3.11. The Bertz CT molecular complexity index is 733. The summed E-state index contributed by atoms with van der Waals surface area (Å²) in [6, 6.07) is -1.21. The van der Waals surface area contributed by atoms with E-state index in [2.05, 4.69) is 20.3 Å². The SMILES string of the molecule is Cc1nc(C(=O)NC2CCCC2(F)F)c(N)nc1-c1ncco1. The molecule has 7 nitrogen and oxygen atoms in total. The van der Waals surface area contributed by atoms with Crippen molar-refractivity contribution in [3.05, 3.63) is 23.8 Å². The van der Waals surface area contributed by atoms with E-state index in [1.165, 1.54) is 12.5 Å². The molecule has 122 valence electrons. The molecule has 0 bridgehead atoms. The number of carbonyl (C=O) groups is 1. The van der Waals surface area contributed by atoms with E-state index in [1.54, 1.807) is 6.92 Å². The van der Waals surface area contributed by atoms with Crippen LogP contribution in [0, 0.1) is 6.92 Å². The van der Waals surface area contributed by atoms with Crippen LogP contribution in [0.25, 0.3) is 11.6 Å². The first kappa shape index (κ1) is 15.3. The van der Waals surface area contributed by atoms with Gasteiger partial charge in [0.1, 0.15) is 12.0 Å². The first-order valence-electron chi connectivity index (χ1n) is 7.11. The van der Waals surface area contributed by atoms with E-state index in [9.17, 15) is 13.6 Å². The number of nitrogens with zero attached hydrogens (tertiary/aromatic N) is 3. The normalized spacial score (nSPS) is 19.7. The van der Waals surface area contributed by atoms with Crippen LogP contribution in [0.5, 0.6) is 0 Å². The molecule has 1 fully saturated rings. The lowest BCUT2D eigenvalue weighted by atomic mass is 10.2. The molecule has 0 saturated heterocycles. The van der Waals surface area contributed by atoms with Gasteiger partial charge in [-0.15, -0.1) is 0 Å². The minimum atomic E-state index is -2.91. The Labute approximate surface area is 130 Å². The summed E-state index contributed by atoms with van der Waals surface area (Å²) in [5.41, 5.74) is 6.23. The maximum atomic E-state index is 13.6. The van der Waals surface area contributed by atoms with Gasteiger partial charge in [-0.2, -0.15) is 0 Å². The maximum Gasteiger partial charge on any atom is 0.274 e. The Morgan fingerprint density at radius 3 is 2.87 bits per heavy atom. The van der Waals surface area contributed by atoms with E-state index in [0.29, 0.717) is 17.8 Å². The molecule has 0 spiro atoms. The van der Waals surface area contributed by atoms with Crippen molar-refractivity contribution in [2.45, 2.75) is 38.2 Å². The zero-order valence-electron chi connectivity index (χ0n) is 12.3. The first-order chi connectivity index (χ1) is 10.9. The summed E-state index contributed by atoms with van der Waals surface area (Å²) in [7, 11) is 0. The number of carbonyl (C=O) groups excluding carboxylic acids is 1. The number of hydrogen-bond donors (Lipinski definition) is 2. The minimum Gasteiger partial charge on any atom is -0.443 e. The molecule has 3 N–H and O–H groups in total. The molecule has 2 aromatic rings. The number of oxazole rings is 1. The second-order valence-corrected chi connectivity index (χ2v) is 5.41. The fourth-order valence-corrected chi connectivity index (χ4v) is 2.57. The van der Waals surface area contributed by atoms with Crippen molar-refractivity contribution in [3.8, 4) is 11.6 Å². The molecule has 1 aliphatic rings. The Kier molecular flexibility index (Phi) is 3.70. The van der Waals surface area contributed by atoms with Crippen LogP contribution in [0.1, 0.15) is 35.4 Å². The number of anilines is 1. The smallest absolute Gasteiger partial charge is 0.274 e. The van der Waals surface area contributed by atoms with Crippen LogP contribution in [0.4, 0.5) is 14.6 Å². The number of alkyl halides is 2. The summed E-state index contributed by atoms with van der Waals surface area (Å²) in [6.07, 6.45) is 3.16. The molecule has 1 aliphatic carbocycles. The van der Waals surface area contributed by atoms with Crippen LogP contribution in [-0.4, -0.2) is 32.8 Å². The Hall–Kier alpha value is -2.58. The van der Waals surface area contributed by atoms with Gasteiger partial charge in [0.25, 0.3) is 11.8 Å². The Morgan fingerprint density at radius 1 is 1.48 bits per heavy atom. The highest BCUT2D eigenvalue weighted by Crippen LogP contribution is 2.35. The summed E-state index contributed by atoms with van der Waals surface area (Å²) >= 11 is 0. The van der Waals surface area contributed by atoms with Crippen LogP contribution in [0.3, 0.4) is 0 Å². The molecule has 0 aliphatic heterocycles. The number of aromatic nitrogens is 3. The molecule has 3 rings (SSSR count). The van der Waals surface area contributed by atoms with E-state index in [-0.39, 0.29) is 30.2 Å². The summed E-state index contributed by atoms with van der Waals surface area (Å²) in [5, 5.41) is 2.30. The van der Waals surface area contributed by atoms with Crippen molar-refractivity contribution in [3.63, 3.8) is 0 Å². The number of nitrogen functional groups attached to an aromatic ring is 1. The monoisotopic (exact) mass is 323 g/mol. The molecule has 2 aromatic heterocycles. The second kappa shape index (κ2) is 5.56. The molecule has 0 radical (unpaired) electrons. The third kappa shape index (κ3) is 2.86. The number of rotatable bonds is 3. The van der Waals surface area contributed by atoms with Crippen LogP contribution in [0.15, 0.2) is 16.9 Å². The number of aryl methyl sites for hydroxylation is 1. The van der Waals surface area contributed by atoms with E-state index in [4.69, 9.17) is 10.2 Å². The standard InChI is InChI=1S/C14H15F2N5O2/c1-7-9(13-18-5-6-23-13)21-11(17)10(19-7)12(22)20-8-3-2-4-14(8,15)16/h5-6,8H,2-4H2,1H3,(H2,17,21)(H,20,22). The van der Waals surface area contributed by atoms with Crippen molar-refractivity contribution in [1.29, 1.82) is 0 Å². The first-order valence-corrected chi connectivity index (χ1v) is 7.11. The summed E-state index contributed by atoms with van der Waals surface area (Å²) in [5.74, 6) is -3.62. The number of nitrogens with two attached hydrogens (primary N) is 1. The quantitative estimate of drug-likeness (QED) is 0.894. The fraction of sp³-hybridized carbons (Fsp3) is 0.429. The van der Waals surface area contributed by atoms with E-state index >= 15 is 0 Å². The van der Waals surface area contributed by atoms with Crippen molar-refractivity contribution in [2.75, 3.05) is 5.73 Å². The third-order valence-corrected chi connectivity index (χ3v) is 3.77. The summed E-state index contributed by atoms with van der Waals surface area (Å²) < 4.78 is 32.3. The van der Waals surface area contributed by atoms with Crippen molar-refractivity contribution < 1.29 is 18.0 Å². The topological polar surface area (TPSA) is 107 Å². The molecule has 23 heavy (non-hydrogen) atoms. The lowest BCUT2D eigenvalue weighted by Crippen LogP contribution is -2.44. The van der Waals surface area contributed by atoms with Gasteiger partial charge in [0.15, 0.2) is 11.5 Å². The molecule has 1 atom stereocenters. The van der Waals surface area contributed by atoms with Crippen molar-refractivity contribution >= 4 is 11.7 Å². The highest BCUT2D eigenvalue weighted by molar-refractivity contribution is 5.97. The van der Waals surface area contributed by atoms with E-state index in [1.807, 2.05) is 0 Å². The molecular weight excluding hydrogens is 308 g/mol. The van der Waals surface area contributed by atoms with E-state index < -0.39 is 17.9 Å². The highest BCUT2D eigenvalue weighted by atomic mass is 19.3. The van der Waals surface area contributed by atoms with Crippen LogP contribution in [-0.2, 0) is 0 Å². The van der Waals surface area contributed by atoms with Gasteiger partial charge >= 0.3 is 0 Å². The molecule has 1 unspecified atom stereocenters. The summed E-state index contributed by atoms with van der Waals surface area (Å²) in [4.78, 5) is 24.3.